The molecule has 0 aliphatic carbocycles. The molecule has 15 heavy (non-hydrogen) atoms. The number of likely N-dealkylation sites (N-methyl/N-ethyl adjacent to an activating group) is 1. The molecule has 88 valence electrons. The van der Waals surface area contributed by atoms with Crippen LogP contribution in [0, 0.1) is 0 Å². The van der Waals surface area contributed by atoms with Crippen molar-refractivity contribution in [2.45, 2.75) is 59.4 Å². The molecule has 0 N–H and O–H groups in total. The maximum Gasteiger partial charge on any atom is 0.0488 e. The fraction of sp³-hybridized carbons (Fsp3) is 0.846. The number of rotatable bonds is 5. The number of hydrazine groups is 1. The first-order chi connectivity index (χ1) is 7.09. The van der Waals surface area contributed by atoms with Gasteiger partial charge in [-0.25, -0.2) is 5.01 Å². The van der Waals surface area contributed by atoms with E-state index < -0.39 is 0 Å². The molecule has 0 bridgehead atoms. The van der Waals surface area contributed by atoms with E-state index in [0.29, 0.717) is 6.04 Å². The highest BCUT2D eigenvalue weighted by atomic mass is 15.6. The monoisotopic (exact) mass is 210 g/mol. The van der Waals surface area contributed by atoms with Gasteiger partial charge < -0.3 is 5.01 Å². The Morgan fingerprint density at radius 3 is 2.27 bits per heavy atom. The van der Waals surface area contributed by atoms with Crippen LogP contribution in [0.25, 0.3) is 0 Å². The second-order valence-corrected chi connectivity index (χ2v) is 4.70. The van der Waals surface area contributed by atoms with Gasteiger partial charge >= 0.3 is 0 Å². The Morgan fingerprint density at radius 2 is 1.80 bits per heavy atom. The van der Waals surface area contributed by atoms with E-state index in [-0.39, 0.29) is 0 Å². The van der Waals surface area contributed by atoms with E-state index in [1.54, 1.807) is 0 Å². The van der Waals surface area contributed by atoms with Gasteiger partial charge in [0, 0.05) is 25.3 Å². The fourth-order valence-corrected chi connectivity index (χ4v) is 2.25. The lowest BCUT2D eigenvalue weighted by molar-refractivity contribution is 0.0383. The Morgan fingerprint density at radius 1 is 1.13 bits per heavy atom. The molecular weight excluding hydrogens is 184 g/mol. The van der Waals surface area contributed by atoms with E-state index in [1.807, 2.05) is 0 Å². The van der Waals surface area contributed by atoms with Crippen molar-refractivity contribution < 1.29 is 0 Å². The first kappa shape index (κ1) is 12.6. The van der Waals surface area contributed by atoms with Crippen LogP contribution in [0.3, 0.4) is 0 Å². The van der Waals surface area contributed by atoms with Gasteiger partial charge in [0.1, 0.15) is 0 Å². The SMILES string of the molecule is CCCCCCN1C(C)=C(C)C(C)N1C. The summed E-state index contributed by atoms with van der Waals surface area (Å²) in [5.41, 5.74) is 2.98. The number of hydrogen-bond donors (Lipinski definition) is 0. The summed E-state index contributed by atoms with van der Waals surface area (Å²) in [5.74, 6) is 0. The van der Waals surface area contributed by atoms with Gasteiger partial charge in [-0.1, -0.05) is 26.2 Å². The Balaban J connectivity index is 2.42. The molecule has 0 fully saturated rings. The van der Waals surface area contributed by atoms with Crippen LogP contribution in [-0.4, -0.2) is 29.7 Å². The van der Waals surface area contributed by atoms with Gasteiger partial charge in [0.25, 0.3) is 0 Å². The summed E-state index contributed by atoms with van der Waals surface area (Å²) in [6, 6.07) is 0.580. The van der Waals surface area contributed by atoms with Gasteiger partial charge in [0.05, 0.1) is 0 Å². The Labute approximate surface area is 94.9 Å². The molecule has 1 aliphatic heterocycles. The van der Waals surface area contributed by atoms with Crippen molar-refractivity contribution in [2.75, 3.05) is 13.6 Å². The molecule has 0 saturated carbocycles. The highest BCUT2D eigenvalue weighted by Gasteiger charge is 2.27. The molecule has 0 spiro atoms. The molecule has 1 unspecified atom stereocenters. The first-order valence-electron chi connectivity index (χ1n) is 6.27. The quantitative estimate of drug-likeness (QED) is 0.642. The summed E-state index contributed by atoms with van der Waals surface area (Å²) in [6.45, 7) is 10.2. The molecule has 0 aromatic carbocycles. The summed E-state index contributed by atoms with van der Waals surface area (Å²) in [4.78, 5) is 0. The standard InChI is InChI=1S/C13H26N2/c1-6-7-8-9-10-15-13(4)11(2)12(3)14(15)5/h12H,6-10H2,1-5H3. The number of allylic oxidation sites excluding steroid dienone is 1. The smallest absolute Gasteiger partial charge is 0.0488 e. The summed E-state index contributed by atoms with van der Waals surface area (Å²) in [5, 5.41) is 4.81. The maximum absolute atomic E-state index is 2.44. The summed E-state index contributed by atoms with van der Waals surface area (Å²) >= 11 is 0. The minimum absolute atomic E-state index is 0.580. The molecule has 1 aliphatic rings. The van der Waals surface area contributed by atoms with Crippen LogP contribution in [0.2, 0.25) is 0 Å². The molecule has 1 rings (SSSR count). The molecule has 2 heteroatoms. The third-order valence-electron chi connectivity index (χ3n) is 3.75. The molecule has 0 aromatic heterocycles. The van der Waals surface area contributed by atoms with Crippen molar-refractivity contribution in [3.63, 3.8) is 0 Å². The molecular formula is C13H26N2. The van der Waals surface area contributed by atoms with Gasteiger partial charge in [-0.05, 0) is 32.8 Å². The lowest BCUT2D eigenvalue weighted by Gasteiger charge is -2.30. The van der Waals surface area contributed by atoms with E-state index in [2.05, 4.69) is 44.8 Å². The zero-order chi connectivity index (χ0) is 11.4. The van der Waals surface area contributed by atoms with Crippen molar-refractivity contribution in [3.8, 4) is 0 Å². The largest absolute Gasteiger partial charge is 0.310 e. The Hall–Kier alpha value is -0.500. The van der Waals surface area contributed by atoms with E-state index >= 15 is 0 Å². The van der Waals surface area contributed by atoms with Crippen LogP contribution in [0.15, 0.2) is 11.3 Å². The molecule has 0 saturated heterocycles. The lowest BCUT2D eigenvalue weighted by atomic mass is 10.1. The predicted octanol–water partition coefficient (Wildman–Crippen LogP) is 3.41. The van der Waals surface area contributed by atoms with Gasteiger partial charge in [-0.15, -0.1) is 0 Å². The first-order valence-corrected chi connectivity index (χ1v) is 6.27. The number of unbranched alkanes of at least 4 members (excludes halogenated alkanes) is 3. The second kappa shape index (κ2) is 5.55. The van der Waals surface area contributed by atoms with Crippen molar-refractivity contribution in [1.29, 1.82) is 0 Å². The molecule has 0 amide bonds. The third-order valence-corrected chi connectivity index (χ3v) is 3.75. The third kappa shape index (κ3) is 2.75. The van der Waals surface area contributed by atoms with Gasteiger partial charge in [0.2, 0.25) is 0 Å². The molecule has 0 radical (unpaired) electrons. The Kier molecular flexibility index (Phi) is 4.65. The van der Waals surface area contributed by atoms with Crippen LogP contribution >= 0.6 is 0 Å². The molecule has 0 aromatic rings. The Bertz CT molecular complexity index is 233. The van der Waals surface area contributed by atoms with Crippen molar-refractivity contribution in [2.24, 2.45) is 0 Å². The average Bonchev–Trinajstić information content (AvgIpc) is 2.41. The van der Waals surface area contributed by atoms with E-state index in [9.17, 15) is 0 Å². The maximum atomic E-state index is 2.44. The van der Waals surface area contributed by atoms with Crippen molar-refractivity contribution in [1.82, 2.24) is 10.0 Å². The highest BCUT2D eigenvalue weighted by Crippen LogP contribution is 2.27. The summed E-state index contributed by atoms with van der Waals surface area (Å²) in [6.07, 6.45) is 5.37. The molecule has 1 heterocycles. The van der Waals surface area contributed by atoms with Gasteiger partial charge in [-0.3, -0.25) is 0 Å². The molecule has 1 atom stereocenters. The topological polar surface area (TPSA) is 6.48 Å². The van der Waals surface area contributed by atoms with Crippen LogP contribution in [-0.2, 0) is 0 Å². The van der Waals surface area contributed by atoms with E-state index in [4.69, 9.17) is 0 Å². The van der Waals surface area contributed by atoms with E-state index in [1.165, 1.54) is 43.5 Å². The lowest BCUT2D eigenvalue weighted by Crippen LogP contribution is -2.38. The van der Waals surface area contributed by atoms with Crippen LogP contribution in [0.4, 0.5) is 0 Å². The zero-order valence-electron chi connectivity index (χ0n) is 11.0. The minimum Gasteiger partial charge on any atom is -0.310 e. The molecule has 2 nitrogen and oxygen atoms in total. The van der Waals surface area contributed by atoms with Crippen molar-refractivity contribution >= 4 is 0 Å². The minimum atomic E-state index is 0.580. The summed E-state index contributed by atoms with van der Waals surface area (Å²) < 4.78 is 0. The van der Waals surface area contributed by atoms with E-state index in [0.717, 1.165) is 0 Å². The normalized spacial score (nSPS) is 23.0. The van der Waals surface area contributed by atoms with Crippen molar-refractivity contribution in [3.05, 3.63) is 11.3 Å². The van der Waals surface area contributed by atoms with Gasteiger partial charge in [0.15, 0.2) is 0 Å². The van der Waals surface area contributed by atoms with Gasteiger partial charge in [-0.2, -0.15) is 0 Å². The van der Waals surface area contributed by atoms with Crippen LogP contribution in [0.1, 0.15) is 53.4 Å². The average molecular weight is 210 g/mol. The summed E-state index contributed by atoms with van der Waals surface area (Å²) in [7, 11) is 2.20. The van der Waals surface area contributed by atoms with Crippen LogP contribution < -0.4 is 0 Å². The number of nitrogens with zero attached hydrogens (tertiary/aromatic N) is 2. The second-order valence-electron chi connectivity index (χ2n) is 4.70. The highest BCUT2D eigenvalue weighted by molar-refractivity contribution is 5.19. The van der Waals surface area contributed by atoms with Crippen LogP contribution in [0.5, 0.6) is 0 Å². The fourth-order valence-electron chi connectivity index (χ4n) is 2.25. The number of hydrogen-bond acceptors (Lipinski definition) is 2. The zero-order valence-corrected chi connectivity index (χ0v) is 11.0. The predicted molar refractivity (Wildman–Crippen MR) is 66.4 cm³/mol.